The van der Waals surface area contributed by atoms with Gasteiger partial charge in [-0.1, -0.05) is 394 Å². The lowest BCUT2D eigenvalue weighted by Gasteiger charge is -2.21. The zero-order chi connectivity index (χ0) is 73.9. The molecule has 0 aromatic heterocycles. The highest BCUT2D eigenvalue weighted by molar-refractivity contribution is 7.47. The molecule has 3 N–H and O–H groups in total. The number of rotatable bonds is 83. The molecular formula is C82H160O17P2. The van der Waals surface area contributed by atoms with Crippen LogP contribution in [0.2, 0.25) is 0 Å². The number of esters is 4. The van der Waals surface area contributed by atoms with Crippen LogP contribution in [0.15, 0.2) is 0 Å². The van der Waals surface area contributed by atoms with Crippen LogP contribution in [0.25, 0.3) is 0 Å². The van der Waals surface area contributed by atoms with Crippen LogP contribution in [-0.2, 0) is 65.4 Å². The van der Waals surface area contributed by atoms with E-state index >= 15 is 0 Å². The summed E-state index contributed by atoms with van der Waals surface area (Å²) in [6.07, 6.45) is 69.4. The van der Waals surface area contributed by atoms with Gasteiger partial charge in [0.05, 0.1) is 26.4 Å². The molecule has 0 aliphatic heterocycles. The standard InChI is InChI=1S/C82H160O17P2/c1-5-9-13-17-21-25-29-31-33-35-36-37-38-39-41-43-45-49-53-57-61-65-69-82(87)99-78(73-93-80(85)67-63-59-55-51-48-44-42-40-34-32-30-26-22-18-14-10-6-2)75-97-101(90,91)95-71-76(83)70-94-100(88,89)96-74-77(98-81(86)68-64-60-56-52-47-28-24-20-16-12-8-4)72-92-79(84)66-62-58-54-50-46-27-23-19-15-11-7-3/h76-78,83H,5-75H2,1-4H3,(H,88,89)(H,90,91)/t76-,77+,78+/m0/s1. The minimum atomic E-state index is -4.96. The number of carbonyl (C=O) groups excluding carboxylic acids is 4. The van der Waals surface area contributed by atoms with Crippen molar-refractivity contribution in [3.05, 3.63) is 0 Å². The molecule has 0 spiro atoms. The molecule has 19 heteroatoms. The van der Waals surface area contributed by atoms with Crippen molar-refractivity contribution in [2.45, 2.75) is 463 Å². The minimum Gasteiger partial charge on any atom is -0.462 e. The van der Waals surface area contributed by atoms with E-state index in [9.17, 15) is 43.2 Å². The van der Waals surface area contributed by atoms with Crippen LogP contribution in [0.4, 0.5) is 0 Å². The molecule has 5 atom stereocenters. The van der Waals surface area contributed by atoms with Crippen molar-refractivity contribution in [2.24, 2.45) is 0 Å². The van der Waals surface area contributed by atoms with E-state index in [2.05, 4.69) is 27.7 Å². The van der Waals surface area contributed by atoms with Gasteiger partial charge in [0, 0.05) is 25.7 Å². The summed E-state index contributed by atoms with van der Waals surface area (Å²) in [7, 11) is -9.92. The van der Waals surface area contributed by atoms with Crippen LogP contribution in [0.3, 0.4) is 0 Å². The summed E-state index contributed by atoms with van der Waals surface area (Å²) in [6, 6.07) is 0. The van der Waals surface area contributed by atoms with Crippen molar-refractivity contribution >= 4 is 39.5 Å². The van der Waals surface area contributed by atoms with E-state index in [-0.39, 0.29) is 25.7 Å². The summed E-state index contributed by atoms with van der Waals surface area (Å²) in [5.74, 6) is -2.10. The first-order valence-corrected chi connectivity index (χ1v) is 45.8. The average Bonchev–Trinajstić information content (AvgIpc) is 1.04. The Bertz CT molecular complexity index is 1910. The number of phosphoric acid groups is 2. The number of aliphatic hydroxyl groups is 1. The normalized spacial score (nSPS) is 13.8. The van der Waals surface area contributed by atoms with E-state index in [1.165, 1.54) is 276 Å². The van der Waals surface area contributed by atoms with Crippen LogP contribution in [0.1, 0.15) is 445 Å². The van der Waals surface area contributed by atoms with E-state index in [0.717, 1.165) is 89.9 Å². The third-order valence-corrected chi connectivity index (χ3v) is 21.3. The van der Waals surface area contributed by atoms with Gasteiger partial charge >= 0.3 is 39.5 Å². The Morgan fingerprint density at radius 1 is 0.238 bits per heavy atom. The Hall–Kier alpha value is -1.94. The van der Waals surface area contributed by atoms with Crippen LogP contribution < -0.4 is 0 Å². The van der Waals surface area contributed by atoms with Gasteiger partial charge in [-0.05, 0) is 25.7 Å². The maximum absolute atomic E-state index is 13.1. The van der Waals surface area contributed by atoms with Crippen molar-refractivity contribution in [3.63, 3.8) is 0 Å². The van der Waals surface area contributed by atoms with Gasteiger partial charge < -0.3 is 33.8 Å². The molecule has 0 saturated carbocycles. The van der Waals surface area contributed by atoms with Crippen molar-refractivity contribution in [2.75, 3.05) is 39.6 Å². The highest BCUT2D eigenvalue weighted by Crippen LogP contribution is 2.45. The third kappa shape index (κ3) is 76.1. The lowest BCUT2D eigenvalue weighted by molar-refractivity contribution is -0.161. The number of carbonyl (C=O) groups is 4. The molecule has 0 aliphatic rings. The molecule has 101 heavy (non-hydrogen) atoms. The van der Waals surface area contributed by atoms with E-state index in [1.54, 1.807) is 0 Å². The molecule has 0 bridgehead atoms. The molecule has 0 aliphatic carbocycles. The zero-order valence-electron chi connectivity index (χ0n) is 65.9. The topological polar surface area (TPSA) is 237 Å². The van der Waals surface area contributed by atoms with E-state index in [1.807, 2.05) is 0 Å². The van der Waals surface area contributed by atoms with Crippen LogP contribution in [0, 0.1) is 0 Å². The van der Waals surface area contributed by atoms with E-state index in [0.29, 0.717) is 25.7 Å². The molecular weight excluding hydrogens is 1320 g/mol. The van der Waals surface area contributed by atoms with E-state index < -0.39 is 97.5 Å². The van der Waals surface area contributed by atoms with Gasteiger partial charge in [0.1, 0.15) is 19.3 Å². The summed E-state index contributed by atoms with van der Waals surface area (Å²) >= 11 is 0. The fraction of sp³-hybridized carbons (Fsp3) is 0.951. The molecule has 0 fully saturated rings. The smallest absolute Gasteiger partial charge is 0.462 e. The average molecular weight is 1480 g/mol. The Morgan fingerprint density at radius 3 is 0.584 bits per heavy atom. The number of aliphatic hydroxyl groups excluding tert-OH is 1. The fourth-order valence-corrected chi connectivity index (χ4v) is 14.4. The first-order chi connectivity index (χ1) is 49.2. The molecule has 17 nitrogen and oxygen atoms in total. The maximum Gasteiger partial charge on any atom is 0.472 e. The Balaban J connectivity index is 5.19. The number of ether oxygens (including phenoxy) is 4. The number of unbranched alkanes of at least 4 members (excludes halogenated alkanes) is 57. The predicted octanol–water partition coefficient (Wildman–Crippen LogP) is 25.0. The lowest BCUT2D eigenvalue weighted by atomic mass is 10.0. The van der Waals surface area contributed by atoms with Gasteiger partial charge in [-0.25, -0.2) is 9.13 Å². The Labute approximate surface area is 619 Å². The van der Waals surface area contributed by atoms with Gasteiger partial charge in [-0.15, -0.1) is 0 Å². The molecule has 0 amide bonds. The fourth-order valence-electron chi connectivity index (χ4n) is 12.8. The van der Waals surface area contributed by atoms with Crippen molar-refractivity contribution in [1.29, 1.82) is 0 Å². The summed E-state index contributed by atoms with van der Waals surface area (Å²) in [5, 5.41) is 10.6. The largest absolute Gasteiger partial charge is 0.472 e. The second kappa shape index (κ2) is 76.3. The minimum absolute atomic E-state index is 0.108. The van der Waals surface area contributed by atoms with Gasteiger partial charge in [0.25, 0.3) is 0 Å². The number of hydrogen-bond donors (Lipinski definition) is 3. The molecule has 0 aromatic rings. The van der Waals surface area contributed by atoms with Gasteiger partial charge in [-0.3, -0.25) is 37.3 Å². The van der Waals surface area contributed by atoms with E-state index in [4.69, 9.17) is 37.0 Å². The number of hydrogen-bond acceptors (Lipinski definition) is 15. The van der Waals surface area contributed by atoms with Crippen molar-refractivity contribution in [1.82, 2.24) is 0 Å². The van der Waals surface area contributed by atoms with Crippen LogP contribution in [-0.4, -0.2) is 96.7 Å². The summed E-state index contributed by atoms with van der Waals surface area (Å²) < 4.78 is 68.7. The summed E-state index contributed by atoms with van der Waals surface area (Å²) in [4.78, 5) is 73.0. The molecule has 0 radical (unpaired) electrons. The second-order valence-corrected chi connectivity index (χ2v) is 32.4. The van der Waals surface area contributed by atoms with Gasteiger partial charge in [-0.2, -0.15) is 0 Å². The first kappa shape index (κ1) is 99.1. The monoisotopic (exact) mass is 1480 g/mol. The van der Waals surface area contributed by atoms with Crippen molar-refractivity contribution in [3.8, 4) is 0 Å². The molecule has 2 unspecified atom stereocenters. The van der Waals surface area contributed by atoms with Crippen LogP contribution in [0.5, 0.6) is 0 Å². The maximum atomic E-state index is 13.1. The number of phosphoric ester groups is 2. The molecule has 0 aromatic carbocycles. The third-order valence-electron chi connectivity index (χ3n) is 19.4. The molecule has 0 saturated heterocycles. The lowest BCUT2D eigenvalue weighted by Crippen LogP contribution is -2.30. The Kier molecular flexibility index (Phi) is 74.8. The molecule has 0 heterocycles. The van der Waals surface area contributed by atoms with Gasteiger partial charge in [0.15, 0.2) is 12.2 Å². The summed E-state index contributed by atoms with van der Waals surface area (Å²) in [5.41, 5.74) is 0. The SMILES string of the molecule is CCCCCCCCCCCCCCCCCCCCCCCCC(=O)O[C@H](COC(=O)CCCCCCCCCCCCCCCCCCC)COP(=O)(O)OC[C@@H](O)COP(=O)(O)OC[C@@H](COC(=O)CCCCCCCCCCCCC)OC(=O)CCCCCCCCCCCCC. The molecule has 0 rings (SSSR count). The predicted molar refractivity (Wildman–Crippen MR) is 414 cm³/mol. The molecule has 600 valence electrons. The highest BCUT2D eigenvalue weighted by Gasteiger charge is 2.30. The second-order valence-electron chi connectivity index (χ2n) is 29.5. The van der Waals surface area contributed by atoms with Gasteiger partial charge in [0.2, 0.25) is 0 Å². The first-order valence-electron chi connectivity index (χ1n) is 42.8. The Morgan fingerprint density at radius 2 is 0.396 bits per heavy atom. The summed E-state index contributed by atoms with van der Waals surface area (Å²) in [6.45, 7) is 5.02. The van der Waals surface area contributed by atoms with Crippen LogP contribution >= 0.6 is 15.6 Å². The highest BCUT2D eigenvalue weighted by atomic mass is 31.2. The quantitative estimate of drug-likeness (QED) is 0.0222. The zero-order valence-corrected chi connectivity index (χ0v) is 67.7. The van der Waals surface area contributed by atoms with Crippen molar-refractivity contribution < 1.29 is 80.2 Å².